The van der Waals surface area contributed by atoms with E-state index < -0.39 is 11.6 Å². The lowest BCUT2D eigenvalue weighted by Gasteiger charge is -2.37. The van der Waals surface area contributed by atoms with E-state index in [1.54, 1.807) is 30.1 Å². The molecule has 2 atom stereocenters. The van der Waals surface area contributed by atoms with Gasteiger partial charge in [0.15, 0.2) is 10.7 Å². The van der Waals surface area contributed by atoms with Gasteiger partial charge in [-0.2, -0.15) is 0 Å². The van der Waals surface area contributed by atoms with Crippen LogP contribution >= 0.6 is 11.8 Å². The number of benzene rings is 2. The Balaban J connectivity index is 1.91. The van der Waals surface area contributed by atoms with Gasteiger partial charge in [0.05, 0.1) is 0 Å². The second-order valence-electron chi connectivity index (χ2n) is 6.65. The van der Waals surface area contributed by atoms with E-state index in [1.807, 2.05) is 32.3 Å². The lowest BCUT2D eigenvalue weighted by molar-refractivity contribution is -0.132. The maximum Gasteiger partial charge on any atom is 0.261 e. The first-order valence-electron chi connectivity index (χ1n) is 8.40. The summed E-state index contributed by atoms with van der Waals surface area (Å²) in [5, 5.41) is 0.664. The first kappa shape index (κ1) is 17.2. The number of carbonyl (C=O) groups excluding carboxylic acids is 1. The average molecular weight is 368 g/mol. The van der Waals surface area contributed by atoms with Crippen molar-refractivity contribution in [3.8, 4) is 5.75 Å². The van der Waals surface area contributed by atoms with Gasteiger partial charge in [-0.15, -0.1) is 0 Å². The van der Waals surface area contributed by atoms with Gasteiger partial charge < -0.3 is 4.74 Å². The molecule has 7 heteroatoms. The molecule has 0 radical (unpaired) electrons. The molecule has 0 saturated carbocycles. The summed E-state index contributed by atoms with van der Waals surface area (Å²) in [7, 11) is 3.70. The summed E-state index contributed by atoms with van der Waals surface area (Å²) in [6, 6.07) is 12.3. The molecule has 0 fully saturated rings. The highest BCUT2D eigenvalue weighted by Gasteiger charge is 2.54. The van der Waals surface area contributed by atoms with Gasteiger partial charge in [0.25, 0.3) is 5.91 Å². The fraction of sp³-hybridized carbons (Fsp3) is 0.263. The lowest BCUT2D eigenvalue weighted by atomic mass is 9.78. The van der Waals surface area contributed by atoms with Crippen LogP contribution in [0.3, 0.4) is 0 Å². The van der Waals surface area contributed by atoms with Crippen LogP contribution in [0.2, 0.25) is 0 Å². The Hall–Kier alpha value is -2.28. The lowest BCUT2D eigenvalue weighted by Crippen LogP contribution is -2.43. The number of amides is 1. The SMILES string of the molecule is Bc1ccc2c(c1)C1(CC(c3ccccc3F)O2)N=C(SC)N(C)C1=O. The van der Waals surface area contributed by atoms with Crippen LogP contribution in [0.1, 0.15) is 23.7 Å². The Morgan fingerprint density at radius 2 is 2.12 bits per heavy atom. The van der Waals surface area contributed by atoms with Crippen LogP contribution in [-0.2, 0) is 10.3 Å². The van der Waals surface area contributed by atoms with E-state index in [2.05, 4.69) is 0 Å². The Bertz CT molecular complexity index is 936. The van der Waals surface area contributed by atoms with Crippen LogP contribution < -0.4 is 10.2 Å². The largest absolute Gasteiger partial charge is 0.485 e. The summed E-state index contributed by atoms with van der Waals surface area (Å²) in [4.78, 5) is 19.6. The van der Waals surface area contributed by atoms with Gasteiger partial charge in [0, 0.05) is 24.6 Å². The average Bonchev–Trinajstić information content (AvgIpc) is 2.88. The van der Waals surface area contributed by atoms with Crippen LogP contribution in [0.25, 0.3) is 0 Å². The third-order valence-electron chi connectivity index (χ3n) is 5.00. The van der Waals surface area contributed by atoms with Crippen molar-refractivity contribution in [1.29, 1.82) is 0 Å². The predicted octanol–water partition coefficient (Wildman–Crippen LogP) is 1.99. The number of carbonyl (C=O) groups is 1. The molecule has 2 aliphatic heterocycles. The highest BCUT2D eigenvalue weighted by atomic mass is 32.2. The molecule has 0 saturated heterocycles. The van der Waals surface area contributed by atoms with Crippen molar-refractivity contribution < 1.29 is 13.9 Å². The van der Waals surface area contributed by atoms with Gasteiger partial charge in [-0.3, -0.25) is 9.69 Å². The zero-order valence-electron chi connectivity index (χ0n) is 14.8. The van der Waals surface area contributed by atoms with Gasteiger partial charge in [-0.05, 0) is 18.4 Å². The normalized spacial score (nSPS) is 24.4. The quantitative estimate of drug-likeness (QED) is 0.723. The zero-order chi connectivity index (χ0) is 18.5. The Morgan fingerprint density at radius 3 is 2.81 bits per heavy atom. The second kappa shape index (κ2) is 6.16. The molecule has 1 amide bonds. The van der Waals surface area contributed by atoms with Gasteiger partial charge in [0.2, 0.25) is 0 Å². The highest BCUT2D eigenvalue weighted by Crippen LogP contribution is 2.50. The number of hydrogen-bond acceptors (Lipinski definition) is 4. The first-order chi connectivity index (χ1) is 12.5. The second-order valence-corrected chi connectivity index (χ2v) is 7.43. The summed E-state index contributed by atoms with van der Waals surface area (Å²) in [5.74, 6) is 0.150. The molecule has 0 N–H and O–H groups in total. The molecule has 132 valence electrons. The number of likely N-dealkylation sites (N-methyl/N-ethyl adjacent to an activating group) is 1. The zero-order valence-corrected chi connectivity index (χ0v) is 15.6. The smallest absolute Gasteiger partial charge is 0.261 e. The highest BCUT2D eigenvalue weighted by molar-refractivity contribution is 8.13. The van der Waals surface area contributed by atoms with E-state index in [0.717, 1.165) is 11.0 Å². The van der Waals surface area contributed by atoms with Crippen LogP contribution in [0, 0.1) is 5.82 Å². The number of ether oxygens (including phenoxy) is 1. The van der Waals surface area contributed by atoms with Crippen LogP contribution in [-0.4, -0.2) is 37.1 Å². The van der Waals surface area contributed by atoms with Crippen LogP contribution in [0.15, 0.2) is 47.5 Å². The molecule has 4 rings (SSSR count). The molecule has 1 spiro atoms. The predicted molar refractivity (Wildman–Crippen MR) is 104 cm³/mol. The Kier molecular flexibility index (Phi) is 4.06. The first-order valence-corrected chi connectivity index (χ1v) is 9.63. The number of amidine groups is 1. The summed E-state index contributed by atoms with van der Waals surface area (Å²) in [5.41, 5.74) is 1.16. The molecule has 26 heavy (non-hydrogen) atoms. The van der Waals surface area contributed by atoms with Crippen LogP contribution in [0.4, 0.5) is 4.39 Å². The molecule has 2 unspecified atom stereocenters. The van der Waals surface area contributed by atoms with E-state index in [0.29, 0.717) is 16.5 Å². The van der Waals surface area contributed by atoms with Crippen molar-refractivity contribution in [2.24, 2.45) is 4.99 Å². The van der Waals surface area contributed by atoms with Crippen LogP contribution in [0.5, 0.6) is 5.75 Å². The summed E-state index contributed by atoms with van der Waals surface area (Å²) < 4.78 is 20.5. The number of thioether (sulfide) groups is 1. The standard InChI is InChI=1S/C19H18BFN2O2S/c1-23-17(24)19(22-18(23)26-2)10-16(12-5-3-4-6-14(12)21)25-15-8-7-11(20)9-13(15)19/h3-9,16H,10,20H2,1-2H3. The molecule has 2 aliphatic rings. The van der Waals surface area contributed by atoms with Crippen molar-refractivity contribution >= 4 is 36.1 Å². The molecule has 0 aliphatic carbocycles. The molecule has 2 aromatic carbocycles. The fourth-order valence-corrected chi connectivity index (χ4v) is 4.30. The summed E-state index contributed by atoms with van der Waals surface area (Å²) >= 11 is 1.43. The van der Waals surface area contributed by atoms with Crippen molar-refractivity contribution in [1.82, 2.24) is 4.90 Å². The summed E-state index contributed by atoms with van der Waals surface area (Å²) in [6.07, 6.45) is 1.60. The Morgan fingerprint density at radius 1 is 1.35 bits per heavy atom. The molecular weight excluding hydrogens is 350 g/mol. The summed E-state index contributed by atoms with van der Waals surface area (Å²) in [6.45, 7) is 0. The minimum atomic E-state index is -1.07. The third kappa shape index (κ3) is 2.45. The van der Waals surface area contributed by atoms with Gasteiger partial charge in [0.1, 0.15) is 25.5 Å². The number of halogens is 1. The minimum Gasteiger partial charge on any atom is -0.485 e. The molecule has 0 aromatic heterocycles. The maximum absolute atomic E-state index is 14.4. The van der Waals surface area contributed by atoms with E-state index in [4.69, 9.17) is 9.73 Å². The topological polar surface area (TPSA) is 41.9 Å². The van der Waals surface area contributed by atoms with E-state index in [-0.39, 0.29) is 18.1 Å². The fourth-order valence-electron chi connectivity index (χ4n) is 3.69. The monoisotopic (exact) mass is 368 g/mol. The van der Waals surface area contributed by atoms with Gasteiger partial charge in [-0.25, -0.2) is 9.38 Å². The maximum atomic E-state index is 14.4. The van der Waals surface area contributed by atoms with Gasteiger partial charge >= 0.3 is 0 Å². The Labute approximate surface area is 156 Å². The van der Waals surface area contributed by atoms with Gasteiger partial charge in [-0.1, -0.05) is 47.6 Å². The molecular formula is C19H18BFN2O2S. The third-order valence-corrected chi connectivity index (χ3v) is 5.73. The number of rotatable bonds is 1. The number of hydrogen-bond donors (Lipinski definition) is 0. The minimum absolute atomic E-state index is 0.0988. The van der Waals surface area contributed by atoms with Crippen molar-refractivity contribution in [2.75, 3.05) is 13.3 Å². The molecule has 4 nitrogen and oxygen atoms in total. The van der Waals surface area contributed by atoms with E-state index in [1.165, 1.54) is 17.8 Å². The molecule has 2 aromatic rings. The van der Waals surface area contributed by atoms with E-state index in [9.17, 15) is 9.18 Å². The van der Waals surface area contributed by atoms with E-state index >= 15 is 0 Å². The molecule has 0 bridgehead atoms. The number of fused-ring (bicyclic) bond motifs is 2. The van der Waals surface area contributed by atoms with Crippen molar-refractivity contribution in [3.05, 3.63) is 59.4 Å². The van der Waals surface area contributed by atoms with Crippen molar-refractivity contribution in [3.63, 3.8) is 0 Å². The molecule has 2 heterocycles. The number of nitrogens with zero attached hydrogens (tertiary/aromatic N) is 2. The number of aliphatic imine (C=N–C) groups is 1. The van der Waals surface area contributed by atoms with Crippen molar-refractivity contribution in [2.45, 2.75) is 18.1 Å².